The molecule has 0 radical (unpaired) electrons. The van der Waals surface area contributed by atoms with Crippen LogP contribution in [0, 0.1) is 0 Å². The molecule has 8 N–H and O–H groups in total. The van der Waals surface area contributed by atoms with E-state index in [0.717, 1.165) is 16.5 Å². The van der Waals surface area contributed by atoms with Crippen LogP contribution in [0.5, 0.6) is 0 Å². The second-order valence-corrected chi connectivity index (χ2v) is 7.50. The number of H-pyrrole nitrogens is 1. The normalized spacial score (nSPS) is 13.6. The average Bonchev–Trinajstić information content (AvgIpc) is 3.16. The number of carbonyl (C=O) groups is 5. The van der Waals surface area contributed by atoms with Crippen LogP contribution in [0.3, 0.4) is 0 Å². The number of amides is 2. The Morgan fingerprint density at radius 1 is 0.879 bits per heavy atom. The number of carboxylic acid groups (broad SMARTS) is 3. The minimum absolute atomic E-state index is 0.138. The van der Waals surface area contributed by atoms with Gasteiger partial charge in [0, 0.05) is 29.9 Å². The number of aromatic nitrogens is 1. The Morgan fingerprint density at radius 2 is 1.45 bits per heavy atom. The molecule has 2 rings (SSSR count). The van der Waals surface area contributed by atoms with E-state index < -0.39 is 60.7 Å². The van der Waals surface area contributed by atoms with Crippen molar-refractivity contribution >= 4 is 40.6 Å². The van der Waals surface area contributed by atoms with E-state index in [9.17, 15) is 29.1 Å². The van der Waals surface area contributed by atoms with Crippen molar-refractivity contribution in [1.29, 1.82) is 0 Å². The zero-order valence-electron chi connectivity index (χ0n) is 17.6. The van der Waals surface area contributed by atoms with Gasteiger partial charge in [0.25, 0.3) is 0 Å². The summed E-state index contributed by atoms with van der Waals surface area (Å²) in [7, 11) is 0. The minimum atomic E-state index is -1.52. The van der Waals surface area contributed by atoms with E-state index in [1.165, 1.54) is 0 Å². The van der Waals surface area contributed by atoms with Gasteiger partial charge in [-0.15, -0.1) is 0 Å². The van der Waals surface area contributed by atoms with Crippen LogP contribution >= 0.6 is 0 Å². The predicted molar refractivity (Wildman–Crippen MR) is 115 cm³/mol. The molecule has 0 saturated carbocycles. The second kappa shape index (κ2) is 11.6. The standard InChI is InChI=1S/C21H26N4O8/c22-13(9-11-10-23-14-4-2-1-3-12(11)14)19(30)24-15(5-7-17(26)27)20(31)25-16(21(32)33)6-8-18(28)29/h1-4,10,13,15-16,23H,5-9,22H2,(H,24,30)(H,25,31)(H,26,27)(H,28,29)(H,32,33)/t13-,15-,16-/m0/s1. The number of rotatable bonds is 13. The second-order valence-electron chi connectivity index (χ2n) is 7.50. The minimum Gasteiger partial charge on any atom is -0.481 e. The molecule has 3 atom stereocenters. The van der Waals surface area contributed by atoms with Gasteiger partial charge in [-0.25, -0.2) is 4.79 Å². The Balaban J connectivity index is 2.07. The van der Waals surface area contributed by atoms with E-state index in [2.05, 4.69) is 15.6 Å². The van der Waals surface area contributed by atoms with Crippen molar-refractivity contribution in [2.75, 3.05) is 0 Å². The van der Waals surface area contributed by atoms with Gasteiger partial charge in [0.2, 0.25) is 11.8 Å². The molecule has 0 aliphatic heterocycles. The van der Waals surface area contributed by atoms with Gasteiger partial charge < -0.3 is 36.7 Å². The van der Waals surface area contributed by atoms with Crippen molar-refractivity contribution in [3.8, 4) is 0 Å². The summed E-state index contributed by atoms with van der Waals surface area (Å²) in [4.78, 5) is 61.3. The van der Waals surface area contributed by atoms with Crippen LogP contribution in [0.25, 0.3) is 10.9 Å². The lowest BCUT2D eigenvalue weighted by Gasteiger charge is -2.22. The summed E-state index contributed by atoms with van der Waals surface area (Å²) >= 11 is 0. The molecule has 33 heavy (non-hydrogen) atoms. The molecular formula is C21H26N4O8. The number of nitrogens with one attached hydrogen (secondary N) is 3. The summed E-state index contributed by atoms with van der Waals surface area (Å²) in [5, 5.41) is 32.3. The van der Waals surface area contributed by atoms with Gasteiger partial charge in [0.1, 0.15) is 12.1 Å². The molecule has 0 spiro atoms. The number of fused-ring (bicyclic) bond motifs is 1. The highest BCUT2D eigenvalue weighted by Gasteiger charge is 2.29. The number of carboxylic acids is 3. The van der Waals surface area contributed by atoms with E-state index in [0.29, 0.717) is 0 Å². The number of hydrogen-bond donors (Lipinski definition) is 7. The highest BCUT2D eigenvalue weighted by atomic mass is 16.4. The molecule has 1 aromatic carbocycles. The average molecular weight is 462 g/mol. The van der Waals surface area contributed by atoms with E-state index in [1.54, 1.807) is 6.20 Å². The van der Waals surface area contributed by atoms with E-state index in [1.807, 2.05) is 24.3 Å². The zero-order valence-corrected chi connectivity index (χ0v) is 17.6. The van der Waals surface area contributed by atoms with Crippen molar-refractivity contribution < 1.29 is 39.3 Å². The summed E-state index contributed by atoms with van der Waals surface area (Å²) in [6, 6.07) is 3.46. The fourth-order valence-electron chi connectivity index (χ4n) is 3.24. The fourth-order valence-corrected chi connectivity index (χ4v) is 3.24. The first-order chi connectivity index (χ1) is 15.6. The van der Waals surface area contributed by atoms with Crippen LogP contribution in [-0.2, 0) is 30.4 Å². The Morgan fingerprint density at radius 3 is 2.06 bits per heavy atom. The molecule has 1 heterocycles. The summed E-state index contributed by atoms with van der Waals surface area (Å²) < 4.78 is 0. The number of para-hydroxylation sites is 1. The molecule has 0 unspecified atom stereocenters. The molecule has 0 aliphatic carbocycles. The summed E-state index contributed by atoms with van der Waals surface area (Å²) in [5.74, 6) is -5.57. The molecule has 12 heteroatoms. The van der Waals surface area contributed by atoms with Gasteiger partial charge in [0.05, 0.1) is 6.04 Å². The van der Waals surface area contributed by atoms with Crippen molar-refractivity contribution in [3.05, 3.63) is 36.0 Å². The van der Waals surface area contributed by atoms with Gasteiger partial charge >= 0.3 is 17.9 Å². The lowest BCUT2D eigenvalue weighted by molar-refractivity contribution is -0.144. The Bertz CT molecular complexity index is 1030. The molecule has 0 bridgehead atoms. The first kappa shape index (κ1) is 25.3. The Hall–Kier alpha value is -3.93. The van der Waals surface area contributed by atoms with Gasteiger partial charge in [-0.3, -0.25) is 19.2 Å². The third kappa shape index (κ3) is 7.61. The first-order valence-corrected chi connectivity index (χ1v) is 10.2. The Labute approximate surface area is 188 Å². The molecule has 2 aromatic rings. The quantitative estimate of drug-likeness (QED) is 0.210. The number of aliphatic carboxylic acids is 3. The van der Waals surface area contributed by atoms with Gasteiger partial charge in [-0.1, -0.05) is 18.2 Å². The lowest BCUT2D eigenvalue weighted by atomic mass is 10.0. The number of aromatic amines is 1. The lowest BCUT2D eigenvalue weighted by Crippen LogP contribution is -2.54. The number of nitrogens with two attached hydrogens (primary N) is 1. The molecule has 0 fully saturated rings. The van der Waals surface area contributed by atoms with Crippen molar-refractivity contribution in [2.45, 2.75) is 50.2 Å². The molecule has 2 amide bonds. The largest absolute Gasteiger partial charge is 0.481 e. The van der Waals surface area contributed by atoms with Gasteiger partial charge in [-0.2, -0.15) is 0 Å². The summed E-state index contributed by atoms with van der Waals surface area (Å²) in [5.41, 5.74) is 7.64. The van der Waals surface area contributed by atoms with Crippen LogP contribution < -0.4 is 16.4 Å². The van der Waals surface area contributed by atoms with E-state index in [4.69, 9.17) is 15.9 Å². The molecule has 1 aromatic heterocycles. The van der Waals surface area contributed by atoms with Crippen LogP contribution in [0.1, 0.15) is 31.2 Å². The van der Waals surface area contributed by atoms with E-state index in [-0.39, 0.29) is 19.3 Å². The molecule has 0 saturated heterocycles. The molecule has 178 valence electrons. The monoisotopic (exact) mass is 462 g/mol. The predicted octanol–water partition coefficient (Wildman–Crippen LogP) is -0.178. The number of carbonyl (C=O) groups excluding carboxylic acids is 2. The van der Waals surface area contributed by atoms with Crippen molar-refractivity contribution in [1.82, 2.24) is 15.6 Å². The highest BCUT2D eigenvalue weighted by Crippen LogP contribution is 2.18. The smallest absolute Gasteiger partial charge is 0.326 e. The van der Waals surface area contributed by atoms with Gasteiger partial charge in [0.15, 0.2) is 0 Å². The highest BCUT2D eigenvalue weighted by molar-refractivity contribution is 5.92. The van der Waals surface area contributed by atoms with Crippen LogP contribution in [0.15, 0.2) is 30.5 Å². The third-order valence-electron chi connectivity index (χ3n) is 4.99. The maximum atomic E-state index is 12.6. The van der Waals surface area contributed by atoms with Crippen molar-refractivity contribution in [2.24, 2.45) is 5.73 Å². The van der Waals surface area contributed by atoms with Gasteiger partial charge in [-0.05, 0) is 30.9 Å². The van der Waals surface area contributed by atoms with E-state index >= 15 is 0 Å². The van der Waals surface area contributed by atoms with Crippen LogP contribution in [-0.4, -0.2) is 68.2 Å². The van der Waals surface area contributed by atoms with Crippen LogP contribution in [0.4, 0.5) is 0 Å². The fraction of sp³-hybridized carbons (Fsp3) is 0.381. The molecule has 12 nitrogen and oxygen atoms in total. The number of benzene rings is 1. The number of hydrogen-bond acceptors (Lipinski definition) is 6. The maximum absolute atomic E-state index is 12.6. The zero-order chi connectivity index (χ0) is 24.5. The van der Waals surface area contributed by atoms with Crippen molar-refractivity contribution in [3.63, 3.8) is 0 Å². The SMILES string of the molecule is N[C@@H](Cc1c[nH]c2ccccc12)C(=O)N[C@@H](CCC(=O)O)C(=O)N[C@@H](CCC(=O)O)C(=O)O. The summed E-state index contributed by atoms with van der Waals surface area (Å²) in [6.45, 7) is 0. The molecule has 0 aliphatic rings. The topological polar surface area (TPSA) is 212 Å². The summed E-state index contributed by atoms with van der Waals surface area (Å²) in [6.07, 6.45) is 0.196. The third-order valence-corrected chi connectivity index (χ3v) is 4.99. The molecular weight excluding hydrogens is 436 g/mol. The van der Waals surface area contributed by atoms with Crippen LogP contribution in [0.2, 0.25) is 0 Å². The Kier molecular flexibility index (Phi) is 8.92. The maximum Gasteiger partial charge on any atom is 0.326 e. The first-order valence-electron chi connectivity index (χ1n) is 10.2.